The van der Waals surface area contributed by atoms with Crippen LogP contribution in [0.1, 0.15) is 0 Å². The second kappa shape index (κ2) is 4.21. The first-order valence-electron chi connectivity index (χ1n) is 2.32. The van der Waals surface area contributed by atoms with Crippen molar-refractivity contribution in [2.24, 2.45) is 0 Å². The standard InChI is InChI=1S/C6H8O2S/c1-3-4-5(9-2)6(7)8/h3-4H,1H2,2H3,(H,7,8). The van der Waals surface area contributed by atoms with Crippen molar-refractivity contribution in [1.29, 1.82) is 0 Å². The van der Waals surface area contributed by atoms with E-state index in [9.17, 15) is 4.79 Å². The van der Waals surface area contributed by atoms with Gasteiger partial charge in [0.05, 0.1) is 4.91 Å². The maximum atomic E-state index is 10.2. The molecule has 3 heteroatoms. The fourth-order valence-corrected chi connectivity index (χ4v) is 0.741. The highest BCUT2D eigenvalue weighted by molar-refractivity contribution is 8.03. The highest BCUT2D eigenvalue weighted by Crippen LogP contribution is 2.10. The number of rotatable bonds is 3. The van der Waals surface area contributed by atoms with Crippen LogP contribution < -0.4 is 0 Å². The summed E-state index contributed by atoms with van der Waals surface area (Å²) in [5, 5.41) is 8.37. The van der Waals surface area contributed by atoms with E-state index < -0.39 is 5.97 Å². The molecule has 2 nitrogen and oxygen atoms in total. The van der Waals surface area contributed by atoms with E-state index in [2.05, 4.69) is 6.58 Å². The molecule has 1 N–H and O–H groups in total. The van der Waals surface area contributed by atoms with E-state index in [0.717, 1.165) is 0 Å². The maximum absolute atomic E-state index is 10.2. The fraction of sp³-hybridized carbons (Fsp3) is 0.167. The average Bonchev–Trinajstić information content (AvgIpc) is 1.82. The molecular formula is C6H8O2S. The second-order valence-corrected chi connectivity index (χ2v) is 2.12. The zero-order chi connectivity index (χ0) is 7.28. The molecule has 0 bridgehead atoms. The Morgan fingerprint density at radius 1 is 1.78 bits per heavy atom. The van der Waals surface area contributed by atoms with Crippen molar-refractivity contribution in [2.45, 2.75) is 0 Å². The largest absolute Gasteiger partial charge is 0.477 e. The van der Waals surface area contributed by atoms with Gasteiger partial charge in [0.2, 0.25) is 0 Å². The van der Waals surface area contributed by atoms with Crippen LogP contribution in [0.15, 0.2) is 23.6 Å². The van der Waals surface area contributed by atoms with Gasteiger partial charge in [-0.05, 0) is 12.3 Å². The third-order valence-electron chi connectivity index (χ3n) is 0.700. The summed E-state index contributed by atoms with van der Waals surface area (Å²) in [5.74, 6) is -0.901. The Morgan fingerprint density at radius 2 is 2.33 bits per heavy atom. The van der Waals surface area contributed by atoms with E-state index >= 15 is 0 Å². The summed E-state index contributed by atoms with van der Waals surface area (Å²) < 4.78 is 0. The summed E-state index contributed by atoms with van der Waals surface area (Å²) >= 11 is 1.19. The number of allylic oxidation sites excluding steroid dienone is 2. The molecule has 0 amide bonds. The Kier molecular flexibility index (Phi) is 3.88. The first-order valence-corrected chi connectivity index (χ1v) is 3.55. The van der Waals surface area contributed by atoms with Gasteiger partial charge in [-0.3, -0.25) is 0 Å². The van der Waals surface area contributed by atoms with Crippen molar-refractivity contribution in [3.63, 3.8) is 0 Å². The Labute approximate surface area is 58.3 Å². The van der Waals surface area contributed by atoms with Crippen LogP contribution in [0.4, 0.5) is 0 Å². The molecule has 0 heterocycles. The van der Waals surface area contributed by atoms with Gasteiger partial charge in [-0.15, -0.1) is 11.8 Å². The Balaban J connectivity index is 4.14. The summed E-state index contributed by atoms with van der Waals surface area (Å²) in [6.45, 7) is 3.38. The lowest BCUT2D eigenvalue weighted by atomic mass is 10.5. The van der Waals surface area contributed by atoms with Crippen LogP contribution >= 0.6 is 11.8 Å². The van der Waals surface area contributed by atoms with Gasteiger partial charge in [0.15, 0.2) is 0 Å². The monoisotopic (exact) mass is 144 g/mol. The van der Waals surface area contributed by atoms with Crippen molar-refractivity contribution in [3.05, 3.63) is 23.6 Å². The van der Waals surface area contributed by atoms with Gasteiger partial charge >= 0.3 is 5.97 Å². The molecule has 0 aliphatic heterocycles. The first kappa shape index (κ1) is 8.30. The maximum Gasteiger partial charge on any atom is 0.342 e. The lowest BCUT2D eigenvalue weighted by molar-refractivity contribution is -0.131. The van der Waals surface area contributed by atoms with Crippen LogP contribution in [0.5, 0.6) is 0 Å². The Morgan fingerprint density at radius 3 is 2.44 bits per heavy atom. The third kappa shape index (κ3) is 2.98. The molecule has 0 radical (unpaired) electrons. The van der Waals surface area contributed by atoms with Crippen LogP contribution in [-0.2, 0) is 4.79 Å². The van der Waals surface area contributed by atoms with E-state index in [0.29, 0.717) is 4.91 Å². The number of carboxylic acid groups (broad SMARTS) is 1. The van der Waals surface area contributed by atoms with E-state index in [1.807, 2.05) is 0 Å². The topological polar surface area (TPSA) is 37.3 Å². The summed E-state index contributed by atoms with van der Waals surface area (Å²) in [5.41, 5.74) is 0. The summed E-state index contributed by atoms with van der Waals surface area (Å²) in [6.07, 6.45) is 4.64. The molecule has 50 valence electrons. The van der Waals surface area contributed by atoms with Gasteiger partial charge in [-0.2, -0.15) is 0 Å². The Hall–Kier alpha value is -0.700. The summed E-state index contributed by atoms with van der Waals surface area (Å²) in [6, 6.07) is 0. The van der Waals surface area contributed by atoms with Gasteiger partial charge in [-0.1, -0.05) is 12.7 Å². The minimum atomic E-state index is -0.901. The van der Waals surface area contributed by atoms with Crippen molar-refractivity contribution in [1.82, 2.24) is 0 Å². The lowest BCUT2D eigenvalue weighted by Gasteiger charge is -1.91. The first-order chi connectivity index (χ1) is 4.22. The molecule has 0 saturated carbocycles. The molecule has 0 fully saturated rings. The van der Waals surface area contributed by atoms with Crippen LogP contribution in [0.3, 0.4) is 0 Å². The van der Waals surface area contributed by atoms with Crippen molar-refractivity contribution < 1.29 is 9.90 Å². The quantitative estimate of drug-likeness (QED) is 0.482. The number of hydrogen-bond acceptors (Lipinski definition) is 2. The van der Waals surface area contributed by atoms with Gasteiger partial charge in [0, 0.05) is 0 Å². The van der Waals surface area contributed by atoms with E-state index in [1.165, 1.54) is 23.9 Å². The molecule has 0 rings (SSSR count). The summed E-state index contributed by atoms with van der Waals surface area (Å²) in [4.78, 5) is 10.5. The van der Waals surface area contributed by atoms with Crippen molar-refractivity contribution in [2.75, 3.05) is 6.26 Å². The van der Waals surface area contributed by atoms with Gasteiger partial charge in [-0.25, -0.2) is 4.79 Å². The average molecular weight is 144 g/mol. The number of hydrogen-bond donors (Lipinski definition) is 1. The number of thioether (sulfide) groups is 1. The summed E-state index contributed by atoms with van der Waals surface area (Å²) in [7, 11) is 0. The molecule has 0 aromatic rings. The fourth-order valence-electron chi connectivity index (χ4n) is 0.334. The van der Waals surface area contributed by atoms with Crippen molar-refractivity contribution in [3.8, 4) is 0 Å². The van der Waals surface area contributed by atoms with Crippen LogP contribution in [0.2, 0.25) is 0 Å². The van der Waals surface area contributed by atoms with E-state index in [-0.39, 0.29) is 0 Å². The molecule has 9 heavy (non-hydrogen) atoms. The molecular weight excluding hydrogens is 136 g/mol. The minimum Gasteiger partial charge on any atom is -0.477 e. The minimum absolute atomic E-state index is 0.310. The van der Waals surface area contributed by atoms with E-state index in [4.69, 9.17) is 5.11 Å². The number of carboxylic acids is 1. The number of carbonyl (C=O) groups is 1. The van der Waals surface area contributed by atoms with Crippen molar-refractivity contribution >= 4 is 17.7 Å². The zero-order valence-electron chi connectivity index (χ0n) is 5.13. The highest BCUT2D eigenvalue weighted by Gasteiger charge is 2.01. The second-order valence-electron chi connectivity index (χ2n) is 1.28. The van der Waals surface area contributed by atoms with Crippen LogP contribution in [-0.4, -0.2) is 17.3 Å². The van der Waals surface area contributed by atoms with Gasteiger partial charge < -0.3 is 5.11 Å². The van der Waals surface area contributed by atoms with Gasteiger partial charge in [0.25, 0.3) is 0 Å². The molecule has 0 unspecified atom stereocenters. The highest BCUT2D eigenvalue weighted by atomic mass is 32.2. The molecule has 0 atom stereocenters. The number of aliphatic carboxylic acids is 1. The smallest absolute Gasteiger partial charge is 0.342 e. The molecule has 0 aromatic heterocycles. The third-order valence-corrected chi connectivity index (χ3v) is 1.45. The molecule has 0 saturated heterocycles. The van der Waals surface area contributed by atoms with Crippen LogP contribution in [0.25, 0.3) is 0 Å². The van der Waals surface area contributed by atoms with E-state index in [1.54, 1.807) is 6.26 Å². The normalized spacial score (nSPS) is 11.0. The van der Waals surface area contributed by atoms with Gasteiger partial charge in [0.1, 0.15) is 0 Å². The molecule has 0 aliphatic rings. The molecule has 0 spiro atoms. The van der Waals surface area contributed by atoms with Crippen LogP contribution in [0, 0.1) is 0 Å². The lowest BCUT2D eigenvalue weighted by Crippen LogP contribution is -1.94. The predicted octanol–water partition coefficient (Wildman–Crippen LogP) is 1.50. The SMILES string of the molecule is C=CC=C(SC)C(=O)O. The zero-order valence-corrected chi connectivity index (χ0v) is 5.94. The molecule has 0 aliphatic carbocycles. The predicted molar refractivity (Wildman–Crippen MR) is 39.4 cm³/mol. The molecule has 0 aromatic carbocycles. The Bertz CT molecular complexity index is 149.